The average molecular weight is 253 g/mol. The summed E-state index contributed by atoms with van der Waals surface area (Å²) in [7, 11) is 0. The van der Waals surface area contributed by atoms with Crippen LogP contribution in [0.5, 0.6) is 5.75 Å². The summed E-state index contributed by atoms with van der Waals surface area (Å²) in [6, 6.07) is 8.27. The van der Waals surface area contributed by atoms with Crippen molar-refractivity contribution in [3.63, 3.8) is 0 Å². The number of benzene rings is 1. The summed E-state index contributed by atoms with van der Waals surface area (Å²) >= 11 is 1.89. The highest BCUT2D eigenvalue weighted by molar-refractivity contribution is 7.99. The highest BCUT2D eigenvalue weighted by atomic mass is 32.2. The summed E-state index contributed by atoms with van der Waals surface area (Å²) in [5, 5.41) is 3.49. The minimum atomic E-state index is 0.289. The van der Waals surface area contributed by atoms with Crippen molar-refractivity contribution in [2.75, 3.05) is 19.4 Å². The van der Waals surface area contributed by atoms with Crippen LogP contribution in [0.4, 0.5) is 0 Å². The van der Waals surface area contributed by atoms with Gasteiger partial charge in [0.05, 0.1) is 6.61 Å². The van der Waals surface area contributed by atoms with Crippen LogP contribution in [-0.2, 0) is 6.54 Å². The largest absolute Gasteiger partial charge is 0.494 e. The van der Waals surface area contributed by atoms with E-state index < -0.39 is 0 Å². The minimum absolute atomic E-state index is 0.289. The number of ether oxygens (including phenoxy) is 1. The van der Waals surface area contributed by atoms with E-state index in [4.69, 9.17) is 4.74 Å². The third-order valence-electron chi connectivity index (χ3n) is 2.64. The first kappa shape index (κ1) is 14.4. The van der Waals surface area contributed by atoms with Crippen molar-refractivity contribution in [1.29, 1.82) is 0 Å². The molecule has 1 N–H and O–H groups in total. The van der Waals surface area contributed by atoms with Crippen molar-refractivity contribution in [3.05, 3.63) is 29.8 Å². The van der Waals surface area contributed by atoms with Gasteiger partial charge in [-0.2, -0.15) is 11.8 Å². The first-order valence-electron chi connectivity index (χ1n) is 6.05. The van der Waals surface area contributed by atoms with E-state index in [0.717, 1.165) is 25.4 Å². The molecule has 0 aliphatic carbocycles. The van der Waals surface area contributed by atoms with Crippen LogP contribution < -0.4 is 10.1 Å². The van der Waals surface area contributed by atoms with Crippen LogP contribution >= 0.6 is 11.8 Å². The van der Waals surface area contributed by atoms with Crippen molar-refractivity contribution in [3.8, 4) is 5.75 Å². The summed E-state index contributed by atoms with van der Waals surface area (Å²) in [5.74, 6) is 0.955. The third kappa shape index (κ3) is 5.46. The quantitative estimate of drug-likeness (QED) is 0.805. The van der Waals surface area contributed by atoms with E-state index in [1.54, 1.807) is 0 Å². The van der Waals surface area contributed by atoms with E-state index in [1.807, 2.05) is 30.8 Å². The molecule has 1 aromatic carbocycles. The van der Waals surface area contributed by atoms with Crippen molar-refractivity contribution >= 4 is 11.8 Å². The predicted molar refractivity (Wildman–Crippen MR) is 76.9 cm³/mol. The summed E-state index contributed by atoms with van der Waals surface area (Å²) in [6.45, 7) is 9.13. The molecule has 1 aromatic rings. The van der Waals surface area contributed by atoms with Crippen molar-refractivity contribution in [2.24, 2.45) is 0 Å². The molecule has 0 unspecified atom stereocenters. The van der Waals surface area contributed by atoms with Gasteiger partial charge in [-0.3, -0.25) is 0 Å². The molecule has 0 saturated carbocycles. The van der Waals surface area contributed by atoms with Gasteiger partial charge in [0.2, 0.25) is 0 Å². The first-order valence-corrected chi connectivity index (χ1v) is 7.27. The molecule has 0 aliphatic rings. The fourth-order valence-electron chi connectivity index (χ4n) is 1.49. The molecule has 0 fully saturated rings. The van der Waals surface area contributed by atoms with Gasteiger partial charge in [-0.15, -0.1) is 0 Å². The molecule has 3 heteroatoms. The smallest absolute Gasteiger partial charge is 0.119 e. The first-order chi connectivity index (χ1) is 8.07. The number of rotatable bonds is 7. The second kappa shape index (κ2) is 6.92. The molecule has 0 aromatic heterocycles. The maximum absolute atomic E-state index is 5.48. The lowest BCUT2D eigenvalue weighted by atomic mass is 10.2. The molecule has 0 aliphatic heterocycles. The molecule has 0 amide bonds. The highest BCUT2D eigenvalue weighted by Crippen LogP contribution is 2.20. The van der Waals surface area contributed by atoms with Gasteiger partial charge in [-0.1, -0.05) is 12.1 Å². The summed E-state index contributed by atoms with van der Waals surface area (Å²) in [4.78, 5) is 0. The number of hydrogen-bond donors (Lipinski definition) is 1. The van der Waals surface area contributed by atoms with Crippen LogP contribution in [0.15, 0.2) is 24.3 Å². The van der Waals surface area contributed by atoms with Gasteiger partial charge < -0.3 is 10.1 Å². The summed E-state index contributed by atoms with van der Waals surface area (Å²) in [5.41, 5.74) is 1.27. The van der Waals surface area contributed by atoms with Crippen LogP contribution in [-0.4, -0.2) is 24.2 Å². The highest BCUT2D eigenvalue weighted by Gasteiger charge is 2.14. The predicted octanol–water partition coefficient (Wildman–Crippen LogP) is 3.32. The molecule has 0 saturated heterocycles. The van der Waals surface area contributed by atoms with Crippen LogP contribution in [0.1, 0.15) is 26.3 Å². The molecule has 1 rings (SSSR count). The van der Waals surface area contributed by atoms with E-state index in [-0.39, 0.29) is 4.75 Å². The van der Waals surface area contributed by atoms with Crippen LogP contribution in [0.25, 0.3) is 0 Å². The van der Waals surface area contributed by atoms with E-state index in [0.29, 0.717) is 0 Å². The van der Waals surface area contributed by atoms with Crippen molar-refractivity contribution in [2.45, 2.75) is 32.1 Å². The Morgan fingerprint density at radius 1 is 1.35 bits per heavy atom. The zero-order valence-electron chi connectivity index (χ0n) is 11.2. The maximum Gasteiger partial charge on any atom is 0.119 e. The normalized spacial score (nSPS) is 11.5. The SMILES string of the molecule is CCOc1cccc(CNCC(C)(C)SC)c1. The Morgan fingerprint density at radius 2 is 2.12 bits per heavy atom. The number of nitrogens with one attached hydrogen (secondary N) is 1. The molecule has 0 spiro atoms. The Bertz CT molecular complexity index is 339. The Morgan fingerprint density at radius 3 is 2.76 bits per heavy atom. The molecule has 0 bridgehead atoms. The zero-order valence-corrected chi connectivity index (χ0v) is 12.1. The molecule has 17 heavy (non-hydrogen) atoms. The van der Waals surface area contributed by atoms with Gasteiger partial charge in [-0.05, 0) is 44.7 Å². The van der Waals surface area contributed by atoms with E-state index in [2.05, 4.69) is 37.6 Å². The molecule has 2 nitrogen and oxygen atoms in total. The van der Waals surface area contributed by atoms with Crippen LogP contribution in [0.2, 0.25) is 0 Å². The fourth-order valence-corrected chi connectivity index (χ4v) is 1.74. The van der Waals surface area contributed by atoms with Gasteiger partial charge in [0.15, 0.2) is 0 Å². The second-order valence-electron chi connectivity index (χ2n) is 4.65. The zero-order chi connectivity index (χ0) is 12.7. The summed E-state index contributed by atoms with van der Waals surface area (Å²) < 4.78 is 5.77. The Hall–Kier alpha value is -0.670. The average Bonchev–Trinajstić information content (AvgIpc) is 2.30. The van der Waals surface area contributed by atoms with Gasteiger partial charge in [0, 0.05) is 17.8 Å². The van der Waals surface area contributed by atoms with Crippen molar-refractivity contribution < 1.29 is 4.74 Å². The van der Waals surface area contributed by atoms with Gasteiger partial charge in [0.1, 0.15) is 5.75 Å². The van der Waals surface area contributed by atoms with Gasteiger partial charge in [-0.25, -0.2) is 0 Å². The molecule has 0 atom stereocenters. The van der Waals surface area contributed by atoms with Gasteiger partial charge in [0.25, 0.3) is 0 Å². The lowest BCUT2D eigenvalue weighted by Crippen LogP contribution is -2.31. The maximum atomic E-state index is 5.48. The summed E-state index contributed by atoms with van der Waals surface area (Å²) in [6.07, 6.45) is 2.15. The van der Waals surface area contributed by atoms with Gasteiger partial charge >= 0.3 is 0 Å². The second-order valence-corrected chi connectivity index (χ2v) is 6.16. The molecule has 0 radical (unpaired) electrons. The van der Waals surface area contributed by atoms with E-state index in [1.165, 1.54) is 5.56 Å². The molecule has 0 heterocycles. The topological polar surface area (TPSA) is 21.3 Å². The Kier molecular flexibility index (Phi) is 5.86. The molecule has 96 valence electrons. The van der Waals surface area contributed by atoms with E-state index in [9.17, 15) is 0 Å². The third-order valence-corrected chi connectivity index (χ3v) is 3.89. The molecular weight excluding hydrogens is 230 g/mol. The standard InChI is InChI=1S/C14H23NOS/c1-5-16-13-8-6-7-12(9-13)10-15-11-14(2,3)17-4/h6-9,15H,5,10-11H2,1-4H3. The van der Waals surface area contributed by atoms with Crippen LogP contribution in [0, 0.1) is 0 Å². The Labute approximate surface area is 109 Å². The fraction of sp³-hybridized carbons (Fsp3) is 0.571. The lowest BCUT2D eigenvalue weighted by molar-refractivity contribution is 0.340. The lowest BCUT2D eigenvalue weighted by Gasteiger charge is -2.22. The van der Waals surface area contributed by atoms with Crippen molar-refractivity contribution in [1.82, 2.24) is 5.32 Å². The molecular formula is C14H23NOS. The van der Waals surface area contributed by atoms with E-state index >= 15 is 0 Å². The van der Waals surface area contributed by atoms with Crippen LogP contribution in [0.3, 0.4) is 0 Å². The monoisotopic (exact) mass is 253 g/mol. The number of hydrogen-bond acceptors (Lipinski definition) is 3. The number of thioether (sulfide) groups is 1. The Balaban J connectivity index is 2.44. The minimum Gasteiger partial charge on any atom is -0.494 e.